The summed E-state index contributed by atoms with van der Waals surface area (Å²) in [4.78, 5) is 16.3. The zero-order valence-corrected chi connectivity index (χ0v) is 13.7. The number of carbonyl (C=O) groups is 1. The van der Waals surface area contributed by atoms with Crippen molar-refractivity contribution in [2.75, 3.05) is 0 Å². The fourth-order valence-electron chi connectivity index (χ4n) is 2.11. The molecule has 0 N–H and O–H groups in total. The predicted molar refractivity (Wildman–Crippen MR) is 84.7 cm³/mol. The summed E-state index contributed by atoms with van der Waals surface area (Å²) in [7, 11) is 1.74. The largest absolute Gasteiger partial charge is 0.318 e. The van der Waals surface area contributed by atoms with E-state index in [9.17, 15) is 13.6 Å². The molecule has 0 spiro atoms. The van der Waals surface area contributed by atoms with Gasteiger partial charge in [0.2, 0.25) is 0 Å². The summed E-state index contributed by atoms with van der Waals surface area (Å²) in [5.74, 6) is -2.77. The van der Waals surface area contributed by atoms with Crippen molar-refractivity contribution < 1.29 is 13.6 Å². The number of rotatable bonds is 1. The molecule has 3 rings (SSSR count). The highest BCUT2D eigenvalue weighted by molar-refractivity contribution is 9.10. The van der Waals surface area contributed by atoms with Gasteiger partial charge in [-0.2, -0.15) is 4.99 Å². The molecule has 0 aliphatic heterocycles. The van der Waals surface area contributed by atoms with Crippen molar-refractivity contribution in [3.8, 4) is 0 Å². The molecule has 1 heterocycles. The van der Waals surface area contributed by atoms with E-state index in [0.717, 1.165) is 26.8 Å². The Bertz CT molecular complexity index is 942. The predicted octanol–water partition coefficient (Wildman–Crippen LogP) is 4.02. The lowest BCUT2D eigenvalue weighted by atomic mass is 10.2. The number of benzene rings is 2. The van der Waals surface area contributed by atoms with E-state index in [0.29, 0.717) is 4.80 Å². The molecule has 112 valence electrons. The number of thiazole rings is 1. The van der Waals surface area contributed by atoms with Gasteiger partial charge in [0.05, 0.1) is 10.2 Å². The van der Waals surface area contributed by atoms with Crippen LogP contribution in [0.2, 0.25) is 0 Å². The Morgan fingerprint density at radius 2 is 1.82 bits per heavy atom. The van der Waals surface area contributed by atoms with Crippen LogP contribution in [0, 0.1) is 11.6 Å². The number of carbonyl (C=O) groups excluding carboxylic acids is 1. The van der Waals surface area contributed by atoms with Crippen LogP contribution in [0.1, 0.15) is 10.4 Å². The molecule has 0 fully saturated rings. The zero-order chi connectivity index (χ0) is 15.9. The number of halogens is 3. The minimum absolute atomic E-state index is 0.370. The summed E-state index contributed by atoms with van der Waals surface area (Å²) in [6.07, 6.45) is 0. The number of nitrogens with zero attached hydrogens (tertiary/aromatic N) is 2. The van der Waals surface area contributed by atoms with Crippen LogP contribution in [0.3, 0.4) is 0 Å². The number of aromatic nitrogens is 1. The molecule has 2 aromatic carbocycles. The van der Waals surface area contributed by atoms with Crippen LogP contribution in [-0.2, 0) is 7.05 Å². The van der Waals surface area contributed by atoms with Gasteiger partial charge in [-0.3, -0.25) is 4.79 Å². The molecule has 0 saturated carbocycles. The van der Waals surface area contributed by atoms with Gasteiger partial charge in [0.15, 0.2) is 4.80 Å². The highest BCUT2D eigenvalue weighted by atomic mass is 79.9. The number of amides is 1. The molecule has 7 heteroatoms. The first kappa shape index (κ1) is 15.1. The van der Waals surface area contributed by atoms with E-state index in [2.05, 4.69) is 20.9 Å². The van der Waals surface area contributed by atoms with E-state index in [-0.39, 0.29) is 0 Å². The normalized spacial score (nSPS) is 12.1. The third-order valence-corrected chi connectivity index (χ3v) is 4.88. The van der Waals surface area contributed by atoms with E-state index < -0.39 is 23.1 Å². The van der Waals surface area contributed by atoms with Crippen LogP contribution >= 0.6 is 27.3 Å². The van der Waals surface area contributed by atoms with Crippen LogP contribution in [0.25, 0.3) is 10.2 Å². The molecule has 0 unspecified atom stereocenters. The van der Waals surface area contributed by atoms with Gasteiger partial charge in [0.25, 0.3) is 5.91 Å². The van der Waals surface area contributed by atoms with Gasteiger partial charge in [-0.1, -0.05) is 23.5 Å². The summed E-state index contributed by atoms with van der Waals surface area (Å²) in [5, 5.41) is 0. The number of fused-ring (bicyclic) bond motifs is 1. The average Bonchev–Trinajstić information content (AvgIpc) is 2.76. The number of aryl methyl sites for hydroxylation is 1. The van der Waals surface area contributed by atoms with Crippen LogP contribution < -0.4 is 4.80 Å². The van der Waals surface area contributed by atoms with Crippen molar-refractivity contribution >= 4 is 43.4 Å². The highest BCUT2D eigenvalue weighted by Crippen LogP contribution is 2.25. The first-order chi connectivity index (χ1) is 10.5. The molecule has 3 nitrogen and oxygen atoms in total. The lowest BCUT2D eigenvalue weighted by molar-refractivity contribution is 0.0990. The summed E-state index contributed by atoms with van der Waals surface area (Å²) >= 11 is 4.71. The number of hydrogen-bond acceptors (Lipinski definition) is 2. The van der Waals surface area contributed by atoms with E-state index in [1.165, 1.54) is 17.4 Å². The Labute approximate surface area is 136 Å². The third kappa shape index (κ3) is 2.50. The second-order valence-corrected chi connectivity index (χ2v) is 6.41. The third-order valence-electron chi connectivity index (χ3n) is 3.15. The van der Waals surface area contributed by atoms with E-state index >= 15 is 0 Å². The molecule has 1 amide bonds. The highest BCUT2D eigenvalue weighted by Gasteiger charge is 2.17. The molecular weight excluding hydrogens is 374 g/mol. The minimum atomic E-state index is -0.936. The second-order valence-electron chi connectivity index (χ2n) is 4.54. The molecule has 22 heavy (non-hydrogen) atoms. The summed E-state index contributed by atoms with van der Waals surface area (Å²) < 4.78 is 30.8. The van der Waals surface area contributed by atoms with Crippen LogP contribution in [0.5, 0.6) is 0 Å². The fraction of sp³-hybridized carbons (Fsp3) is 0.0667. The van der Waals surface area contributed by atoms with Crippen molar-refractivity contribution in [2.45, 2.75) is 0 Å². The lowest BCUT2D eigenvalue weighted by Gasteiger charge is -2.00. The van der Waals surface area contributed by atoms with Gasteiger partial charge in [0, 0.05) is 11.5 Å². The Hall–Kier alpha value is -1.86. The average molecular weight is 383 g/mol. The minimum Gasteiger partial charge on any atom is -0.318 e. The standard InChI is InChI=1S/C15H9BrF2N2OS/c1-20-13-8(16)4-2-7-11(13)22-15(20)19-14(21)12-9(17)5-3-6-10(12)18/h2-7H,1H3. The molecule has 0 atom stereocenters. The van der Waals surface area contributed by atoms with Crippen molar-refractivity contribution in [1.29, 1.82) is 0 Å². The molecule has 0 radical (unpaired) electrons. The smallest absolute Gasteiger partial charge is 0.285 e. The van der Waals surface area contributed by atoms with E-state index in [1.807, 2.05) is 18.2 Å². The SMILES string of the molecule is Cn1c(=NC(=O)c2c(F)cccc2F)sc2cccc(Br)c21. The lowest BCUT2D eigenvalue weighted by Crippen LogP contribution is -2.15. The Balaban J connectivity index is 2.19. The first-order valence-electron chi connectivity index (χ1n) is 6.26. The zero-order valence-electron chi connectivity index (χ0n) is 11.3. The Morgan fingerprint density at radius 1 is 1.18 bits per heavy atom. The summed E-state index contributed by atoms with van der Waals surface area (Å²) in [5.41, 5.74) is 0.229. The maximum Gasteiger partial charge on any atom is 0.285 e. The summed E-state index contributed by atoms with van der Waals surface area (Å²) in [6, 6.07) is 8.90. The molecule has 0 aliphatic carbocycles. The second kappa shape index (κ2) is 5.73. The molecule has 3 aromatic rings. The molecule has 0 bridgehead atoms. The maximum atomic E-state index is 13.6. The van der Waals surface area contributed by atoms with Gasteiger partial charge in [0.1, 0.15) is 17.2 Å². The van der Waals surface area contributed by atoms with Gasteiger partial charge in [-0.15, -0.1) is 0 Å². The van der Waals surface area contributed by atoms with Crippen molar-refractivity contribution in [1.82, 2.24) is 4.57 Å². The van der Waals surface area contributed by atoms with Gasteiger partial charge in [-0.05, 0) is 40.2 Å². The van der Waals surface area contributed by atoms with Crippen LogP contribution in [-0.4, -0.2) is 10.5 Å². The van der Waals surface area contributed by atoms with E-state index in [4.69, 9.17) is 0 Å². The van der Waals surface area contributed by atoms with E-state index in [1.54, 1.807) is 11.6 Å². The quantitative estimate of drug-likeness (QED) is 0.625. The monoisotopic (exact) mass is 382 g/mol. The van der Waals surface area contributed by atoms with Crippen molar-refractivity contribution in [3.05, 3.63) is 62.9 Å². The summed E-state index contributed by atoms with van der Waals surface area (Å²) in [6.45, 7) is 0. The molecule has 0 saturated heterocycles. The van der Waals surface area contributed by atoms with Crippen LogP contribution in [0.4, 0.5) is 8.78 Å². The first-order valence-corrected chi connectivity index (χ1v) is 7.87. The maximum absolute atomic E-state index is 13.6. The topological polar surface area (TPSA) is 34.4 Å². The number of hydrogen-bond donors (Lipinski definition) is 0. The van der Waals surface area contributed by atoms with Crippen molar-refractivity contribution in [2.24, 2.45) is 12.0 Å². The van der Waals surface area contributed by atoms with Gasteiger partial charge >= 0.3 is 0 Å². The van der Waals surface area contributed by atoms with Crippen LogP contribution in [0.15, 0.2) is 45.9 Å². The van der Waals surface area contributed by atoms with Crippen molar-refractivity contribution in [3.63, 3.8) is 0 Å². The number of para-hydroxylation sites is 1. The Morgan fingerprint density at radius 3 is 2.45 bits per heavy atom. The van der Waals surface area contributed by atoms with Gasteiger partial charge in [-0.25, -0.2) is 8.78 Å². The van der Waals surface area contributed by atoms with Gasteiger partial charge < -0.3 is 4.57 Å². The molecule has 1 aromatic heterocycles. The Kier molecular flexibility index (Phi) is 3.92. The molecular formula is C15H9BrF2N2OS. The molecule has 0 aliphatic rings. The fourth-order valence-corrected chi connectivity index (χ4v) is 3.92.